The summed E-state index contributed by atoms with van der Waals surface area (Å²) in [5.74, 6) is 2.93. The Bertz CT molecular complexity index is 689. The molecule has 0 bridgehead atoms. The molecule has 1 saturated heterocycles. The molecule has 0 aromatic carbocycles. The van der Waals surface area contributed by atoms with Crippen molar-refractivity contribution in [2.24, 2.45) is 0 Å². The highest BCUT2D eigenvalue weighted by atomic mass is 16.5. The first kappa shape index (κ1) is 14.4. The number of hydrogen-bond acceptors (Lipinski definition) is 5. The van der Waals surface area contributed by atoms with E-state index in [0.29, 0.717) is 0 Å². The first-order chi connectivity index (χ1) is 11.3. The molecule has 0 spiro atoms. The Morgan fingerprint density at radius 2 is 1.96 bits per heavy atom. The number of rotatable bonds is 3. The largest absolute Gasteiger partial charge is 0.488 e. The fourth-order valence-electron chi connectivity index (χ4n) is 3.58. The molecule has 1 unspecified atom stereocenters. The van der Waals surface area contributed by atoms with Gasteiger partial charge < -0.3 is 9.64 Å². The lowest BCUT2D eigenvalue weighted by Crippen LogP contribution is -2.27. The standard InChI is InChI=1S/C18H22N4O/c1-13-20-17-5-3-2-4-16(17)18(21-13)22-11-8-15(12-22)23-14-6-9-19-10-7-14/h6-7,9-10,15H,2-5,8,11-12H2,1H3. The zero-order valence-corrected chi connectivity index (χ0v) is 13.5. The average molecular weight is 310 g/mol. The van der Waals surface area contributed by atoms with Crippen LogP contribution in [0.3, 0.4) is 0 Å². The summed E-state index contributed by atoms with van der Waals surface area (Å²) in [5.41, 5.74) is 2.63. The highest BCUT2D eigenvalue weighted by Crippen LogP contribution is 2.30. The summed E-state index contributed by atoms with van der Waals surface area (Å²) in [5, 5.41) is 0. The number of pyridine rings is 1. The van der Waals surface area contributed by atoms with E-state index in [1.54, 1.807) is 12.4 Å². The Morgan fingerprint density at radius 3 is 2.83 bits per heavy atom. The van der Waals surface area contributed by atoms with E-state index < -0.39 is 0 Å². The molecule has 3 heterocycles. The van der Waals surface area contributed by atoms with Gasteiger partial charge in [-0.3, -0.25) is 4.98 Å². The van der Waals surface area contributed by atoms with Crippen LogP contribution in [0.1, 0.15) is 36.3 Å². The molecule has 1 aliphatic heterocycles. The molecule has 120 valence electrons. The van der Waals surface area contributed by atoms with E-state index in [2.05, 4.69) is 14.9 Å². The van der Waals surface area contributed by atoms with Crippen LogP contribution >= 0.6 is 0 Å². The van der Waals surface area contributed by atoms with Gasteiger partial charge in [-0.05, 0) is 44.7 Å². The fraction of sp³-hybridized carbons (Fsp3) is 0.500. The third-order valence-corrected chi connectivity index (χ3v) is 4.67. The van der Waals surface area contributed by atoms with Crippen molar-refractivity contribution >= 4 is 5.82 Å². The molecule has 1 atom stereocenters. The van der Waals surface area contributed by atoms with E-state index in [-0.39, 0.29) is 6.10 Å². The topological polar surface area (TPSA) is 51.1 Å². The van der Waals surface area contributed by atoms with E-state index >= 15 is 0 Å². The average Bonchev–Trinajstić information content (AvgIpc) is 3.03. The number of anilines is 1. The van der Waals surface area contributed by atoms with Crippen LogP contribution in [0.2, 0.25) is 0 Å². The van der Waals surface area contributed by atoms with Gasteiger partial charge in [0.05, 0.1) is 6.54 Å². The lowest BCUT2D eigenvalue weighted by atomic mass is 9.96. The van der Waals surface area contributed by atoms with Crippen molar-refractivity contribution in [1.29, 1.82) is 0 Å². The third-order valence-electron chi connectivity index (χ3n) is 4.67. The van der Waals surface area contributed by atoms with Gasteiger partial charge in [-0.1, -0.05) is 0 Å². The molecular weight excluding hydrogens is 288 g/mol. The molecule has 0 radical (unpaired) electrons. The predicted molar refractivity (Wildman–Crippen MR) is 88.9 cm³/mol. The van der Waals surface area contributed by atoms with Crippen LogP contribution in [-0.2, 0) is 12.8 Å². The third kappa shape index (κ3) is 3.00. The number of ether oxygens (including phenoxy) is 1. The number of hydrogen-bond donors (Lipinski definition) is 0. The maximum atomic E-state index is 6.08. The SMILES string of the molecule is Cc1nc2c(c(N3CCC(Oc4ccncc4)C3)n1)CCCC2. The highest BCUT2D eigenvalue weighted by Gasteiger charge is 2.28. The number of nitrogens with zero attached hydrogens (tertiary/aromatic N) is 4. The van der Waals surface area contributed by atoms with Gasteiger partial charge in [0.2, 0.25) is 0 Å². The van der Waals surface area contributed by atoms with Crippen LogP contribution < -0.4 is 9.64 Å². The Balaban J connectivity index is 1.53. The summed E-state index contributed by atoms with van der Waals surface area (Å²) in [4.78, 5) is 15.8. The number of fused-ring (bicyclic) bond motifs is 1. The lowest BCUT2D eigenvalue weighted by Gasteiger charge is -2.25. The van der Waals surface area contributed by atoms with Crippen LogP contribution in [-0.4, -0.2) is 34.1 Å². The molecule has 0 amide bonds. The van der Waals surface area contributed by atoms with Gasteiger partial charge in [0.1, 0.15) is 23.5 Å². The molecule has 4 rings (SSSR count). The van der Waals surface area contributed by atoms with Crippen LogP contribution in [0.15, 0.2) is 24.5 Å². The summed E-state index contributed by atoms with van der Waals surface area (Å²) in [6.07, 6.45) is 9.48. The van der Waals surface area contributed by atoms with Crippen molar-refractivity contribution < 1.29 is 4.74 Å². The molecule has 1 aliphatic carbocycles. The summed E-state index contributed by atoms with van der Waals surface area (Å²) < 4.78 is 6.08. The van der Waals surface area contributed by atoms with Crippen molar-refractivity contribution in [2.75, 3.05) is 18.0 Å². The molecule has 5 nitrogen and oxygen atoms in total. The molecule has 1 fully saturated rings. The van der Waals surface area contributed by atoms with Gasteiger partial charge in [-0.25, -0.2) is 9.97 Å². The molecule has 0 saturated carbocycles. The van der Waals surface area contributed by atoms with E-state index in [0.717, 1.165) is 49.7 Å². The van der Waals surface area contributed by atoms with E-state index in [9.17, 15) is 0 Å². The van der Waals surface area contributed by atoms with Crippen molar-refractivity contribution in [3.63, 3.8) is 0 Å². The molecule has 0 N–H and O–H groups in total. The molecular formula is C18H22N4O. The quantitative estimate of drug-likeness (QED) is 0.872. The first-order valence-corrected chi connectivity index (χ1v) is 8.47. The minimum atomic E-state index is 0.215. The van der Waals surface area contributed by atoms with Gasteiger partial charge >= 0.3 is 0 Å². The number of aromatic nitrogens is 3. The van der Waals surface area contributed by atoms with Gasteiger partial charge in [-0.2, -0.15) is 0 Å². The predicted octanol–water partition coefficient (Wildman–Crippen LogP) is 2.72. The Hall–Kier alpha value is -2.17. The maximum Gasteiger partial charge on any atom is 0.135 e. The Kier molecular flexibility index (Phi) is 3.85. The smallest absolute Gasteiger partial charge is 0.135 e. The van der Waals surface area contributed by atoms with Crippen LogP contribution in [0.4, 0.5) is 5.82 Å². The minimum Gasteiger partial charge on any atom is -0.488 e. The summed E-state index contributed by atoms with van der Waals surface area (Å²) >= 11 is 0. The zero-order valence-electron chi connectivity index (χ0n) is 13.5. The summed E-state index contributed by atoms with van der Waals surface area (Å²) in [6, 6.07) is 3.83. The van der Waals surface area contributed by atoms with E-state index in [1.165, 1.54) is 24.1 Å². The second-order valence-corrected chi connectivity index (χ2v) is 6.38. The molecule has 5 heteroatoms. The molecule has 2 aliphatic rings. The Labute approximate surface area is 136 Å². The summed E-state index contributed by atoms with van der Waals surface area (Å²) in [6.45, 7) is 3.89. The molecule has 2 aromatic rings. The van der Waals surface area contributed by atoms with Crippen molar-refractivity contribution in [3.8, 4) is 5.75 Å². The van der Waals surface area contributed by atoms with Crippen molar-refractivity contribution in [2.45, 2.75) is 45.1 Å². The maximum absolute atomic E-state index is 6.08. The second-order valence-electron chi connectivity index (χ2n) is 6.38. The molecule has 23 heavy (non-hydrogen) atoms. The van der Waals surface area contributed by atoms with E-state index in [4.69, 9.17) is 9.72 Å². The summed E-state index contributed by atoms with van der Waals surface area (Å²) in [7, 11) is 0. The fourth-order valence-corrected chi connectivity index (χ4v) is 3.58. The Morgan fingerprint density at radius 1 is 1.13 bits per heavy atom. The van der Waals surface area contributed by atoms with Crippen molar-refractivity contribution in [1.82, 2.24) is 15.0 Å². The van der Waals surface area contributed by atoms with Gasteiger partial charge in [0.25, 0.3) is 0 Å². The minimum absolute atomic E-state index is 0.215. The van der Waals surface area contributed by atoms with Gasteiger partial charge in [0.15, 0.2) is 0 Å². The second kappa shape index (κ2) is 6.14. The van der Waals surface area contributed by atoms with E-state index in [1.807, 2.05) is 19.1 Å². The van der Waals surface area contributed by atoms with Crippen LogP contribution in [0, 0.1) is 6.92 Å². The van der Waals surface area contributed by atoms with Gasteiger partial charge in [0, 0.05) is 36.6 Å². The van der Waals surface area contributed by atoms with Crippen LogP contribution in [0.25, 0.3) is 0 Å². The molecule has 2 aromatic heterocycles. The van der Waals surface area contributed by atoms with Crippen molar-refractivity contribution in [3.05, 3.63) is 41.6 Å². The monoisotopic (exact) mass is 310 g/mol. The number of aryl methyl sites for hydroxylation is 2. The van der Waals surface area contributed by atoms with Crippen LogP contribution in [0.5, 0.6) is 5.75 Å². The normalized spacial score (nSPS) is 20.4. The highest BCUT2D eigenvalue weighted by molar-refractivity contribution is 5.51. The first-order valence-electron chi connectivity index (χ1n) is 8.47. The zero-order chi connectivity index (χ0) is 15.6. The van der Waals surface area contributed by atoms with Gasteiger partial charge in [-0.15, -0.1) is 0 Å². The lowest BCUT2D eigenvalue weighted by molar-refractivity contribution is 0.224.